The van der Waals surface area contributed by atoms with E-state index < -0.39 is 46.7 Å². The molecule has 146 valence electrons. The van der Waals surface area contributed by atoms with Crippen LogP contribution in [0.25, 0.3) is 0 Å². The zero-order valence-electron chi connectivity index (χ0n) is 13.6. The average molecular weight is 408 g/mol. The standard InChI is InChI=1S/C10H19F6O6PSi/c1-6-21-23(17,22-7-2)9(13,14)8(11,12)10(15,16)24(18-3,19-4)20-5/h6-7H2,1-5H3. The van der Waals surface area contributed by atoms with Crippen molar-refractivity contribution in [1.82, 2.24) is 0 Å². The van der Waals surface area contributed by atoms with E-state index >= 15 is 0 Å². The SMILES string of the molecule is CCOP(=O)(OCC)C(F)(F)C(F)(F)C(F)(F)[Si](OC)(OC)OC. The second-order valence-corrected chi connectivity index (χ2v) is 9.23. The summed E-state index contributed by atoms with van der Waals surface area (Å²) in [5.74, 6) is -6.23. The summed E-state index contributed by atoms with van der Waals surface area (Å²) >= 11 is 0. The number of alkyl halides is 6. The van der Waals surface area contributed by atoms with Gasteiger partial charge in [-0.2, -0.15) is 26.3 Å². The van der Waals surface area contributed by atoms with Gasteiger partial charge in [0.15, 0.2) is 0 Å². The molecule has 0 amide bonds. The third-order valence-corrected chi connectivity index (χ3v) is 7.77. The van der Waals surface area contributed by atoms with Crippen molar-refractivity contribution in [1.29, 1.82) is 0 Å². The predicted molar refractivity (Wildman–Crippen MR) is 72.5 cm³/mol. The minimum absolute atomic E-state index is 0.534. The van der Waals surface area contributed by atoms with E-state index in [0.29, 0.717) is 21.3 Å². The maximum Gasteiger partial charge on any atom is 0.581 e. The average Bonchev–Trinajstić information content (AvgIpc) is 2.49. The molecule has 24 heavy (non-hydrogen) atoms. The number of halogens is 6. The van der Waals surface area contributed by atoms with Gasteiger partial charge in [0.1, 0.15) is 0 Å². The molecule has 0 aromatic carbocycles. The minimum atomic E-state index is -6.23. The molecule has 0 radical (unpaired) electrons. The van der Waals surface area contributed by atoms with Gasteiger partial charge >= 0.3 is 33.5 Å². The fourth-order valence-corrected chi connectivity index (χ4v) is 5.21. The third kappa shape index (κ3) is 3.39. The largest absolute Gasteiger partial charge is 0.581 e. The first-order chi connectivity index (χ1) is 10.8. The molecule has 0 aliphatic carbocycles. The van der Waals surface area contributed by atoms with Crippen LogP contribution in [0.15, 0.2) is 0 Å². The molecular weight excluding hydrogens is 389 g/mol. The second kappa shape index (κ2) is 8.02. The van der Waals surface area contributed by atoms with Crippen LogP contribution in [0, 0.1) is 0 Å². The zero-order valence-corrected chi connectivity index (χ0v) is 15.5. The van der Waals surface area contributed by atoms with Crippen LogP contribution in [-0.4, -0.2) is 60.5 Å². The van der Waals surface area contributed by atoms with Crippen LogP contribution in [0.5, 0.6) is 0 Å². The van der Waals surface area contributed by atoms with Gasteiger partial charge in [0.2, 0.25) is 0 Å². The van der Waals surface area contributed by atoms with Crippen molar-refractivity contribution < 1.29 is 53.2 Å². The van der Waals surface area contributed by atoms with Crippen LogP contribution < -0.4 is 0 Å². The maximum absolute atomic E-state index is 14.3. The lowest BCUT2D eigenvalue weighted by atomic mass is 10.3. The molecule has 0 aliphatic heterocycles. The Bertz CT molecular complexity index is 443. The van der Waals surface area contributed by atoms with Gasteiger partial charge in [-0.3, -0.25) is 4.57 Å². The number of rotatable bonds is 11. The summed E-state index contributed by atoms with van der Waals surface area (Å²) in [5.41, 5.74) is -11.5. The highest BCUT2D eigenvalue weighted by atomic mass is 31.2. The topological polar surface area (TPSA) is 63.2 Å². The Morgan fingerprint density at radius 3 is 1.42 bits per heavy atom. The van der Waals surface area contributed by atoms with Gasteiger partial charge in [0.25, 0.3) is 0 Å². The highest BCUT2D eigenvalue weighted by molar-refractivity contribution is 7.55. The summed E-state index contributed by atoms with van der Waals surface area (Å²) < 4.78 is 118. The summed E-state index contributed by atoms with van der Waals surface area (Å²) in [7, 11) is -9.96. The summed E-state index contributed by atoms with van der Waals surface area (Å²) in [5, 5.41) is 0. The first kappa shape index (κ1) is 23.8. The molecule has 0 unspecified atom stereocenters. The molecule has 0 aromatic heterocycles. The molecule has 0 aromatic rings. The summed E-state index contributed by atoms with van der Waals surface area (Å²) in [6.07, 6.45) is 0. The molecule has 0 N–H and O–H groups in total. The van der Waals surface area contributed by atoms with Gasteiger partial charge in [-0.05, 0) is 13.8 Å². The van der Waals surface area contributed by atoms with Crippen molar-refractivity contribution in [2.45, 2.75) is 31.0 Å². The van der Waals surface area contributed by atoms with Crippen molar-refractivity contribution in [2.24, 2.45) is 0 Å². The van der Waals surface area contributed by atoms with Gasteiger partial charge in [-0.15, -0.1) is 0 Å². The van der Waals surface area contributed by atoms with Crippen LogP contribution in [0.1, 0.15) is 13.8 Å². The Kier molecular flexibility index (Phi) is 7.96. The first-order valence-corrected chi connectivity index (χ1v) is 9.75. The van der Waals surface area contributed by atoms with Crippen LogP contribution in [-0.2, 0) is 26.9 Å². The molecule has 0 heterocycles. The van der Waals surface area contributed by atoms with E-state index in [1.54, 1.807) is 0 Å². The van der Waals surface area contributed by atoms with Crippen molar-refractivity contribution in [3.8, 4) is 0 Å². The van der Waals surface area contributed by atoms with E-state index in [0.717, 1.165) is 13.8 Å². The van der Waals surface area contributed by atoms with Gasteiger partial charge < -0.3 is 22.3 Å². The van der Waals surface area contributed by atoms with Crippen molar-refractivity contribution in [3.05, 3.63) is 0 Å². The smallest absolute Gasteiger partial charge is 0.373 e. The highest BCUT2D eigenvalue weighted by Crippen LogP contribution is 2.70. The Balaban J connectivity index is 6.30. The molecule has 6 nitrogen and oxygen atoms in total. The van der Waals surface area contributed by atoms with E-state index in [9.17, 15) is 30.9 Å². The highest BCUT2D eigenvalue weighted by Gasteiger charge is 2.88. The molecule has 0 fully saturated rings. The van der Waals surface area contributed by atoms with Crippen LogP contribution >= 0.6 is 7.60 Å². The van der Waals surface area contributed by atoms with Gasteiger partial charge in [0, 0.05) is 21.3 Å². The lowest BCUT2D eigenvalue weighted by Crippen LogP contribution is -2.71. The second-order valence-electron chi connectivity index (χ2n) is 4.19. The summed E-state index contributed by atoms with van der Waals surface area (Å²) in [4.78, 5) is 0. The van der Waals surface area contributed by atoms with Crippen LogP contribution in [0.2, 0.25) is 0 Å². The number of hydrogen-bond acceptors (Lipinski definition) is 6. The fraction of sp³-hybridized carbons (Fsp3) is 1.00. The van der Waals surface area contributed by atoms with Gasteiger partial charge in [0.05, 0.1) is 13.2 Å². The molecule has 0 saturated carbocycles. The van der Waals surface area contributed by atoms with E-state index in [4.69, 9.17) is 0 Å². The zero-order chi connectivity index (χ0) is 19.4. The molecular formula is C10H19F6O6PSi. The maximum atomic E-state index is 14.3. The van der Waals surface area contributed by atoms with Crippen molar-refractivity contribution >= 4 is 16.4 Å². The first-order valence-electron chi connectivity index (χ1n) is 6.48. The number of hydrogen-bond donors (Lipinski definition) is 0. The Morgan fingerprint density at radius 2 is 1.17 bits per heavy atom. The lowest BCUT2D eigenvalue weighted by molar-refractivity contribution is -0.272. The normalized spacial score (nSPS) is 15.0. The van der Waals surface area contributed by atoms with E-state index in [1.165, 1.54) is 0 Å². The van der Waals surface area contributed by atoms with Crippen molar-refractivity contribution in [2.75, 3.05) is 34.5 Å². The molecule has 0 bridgehead atoms. The van der Waals surface area contributed by atoms with Gasteiger partial charge in [-0.1, -0.05) is 0 Å². The van der Waals surface area contributed by atoms with E-state index in [-0.39, 0.29) is 0 Å². The molecule has 0 spiro atoms. The van der Waals surface area contributed by atoms with Crippen molar-refractivity contribution in [3.63, 3.8) is 0 Å². The predicted octanol–water partition coefficient (Wildman–Crippen LogP) is 3.53. The molecule has 14 heteroatoms. The van der Waals surface area contributed by atoms with E-state index in [1.807, 2.05) is 0 Å². The van der Waals surface area contributed by atoms with Crippen LogP contribution in [0.3, 0.4) is 0 Å². The Labute approximate surface area is 136 Å². The molecule has 0 aliphatic rings. The van der Waals surface area contributed by atoms with Crippen LogP contribution in [0.4, 0.5) is 26.3 Å². The Hall–Kier alpha value is -0.173. The van der Waals surface area contributed by atoms with Gasteiger partial charge in [-0.25, -0.2) is 0 Å². The Morgan fingerprint density at radius 1 is 0.833 bits per heavy atom. The summed E-state index contributed by atoms with van der Waals surface area (Å²) in [6, 6.07) is 0. The molecule has 0 rings (SSSR count). The quantitative estimate of drug-likeness (QED) is 0.296. The monoisotopic (exact) mass is 408 g/mol. The van der Waals surface area contributed by atoms with E-state index in [2.05, 4.69) is 22.3 Å². The molecule has 0 atom stereocenters. The summed E-state index contributed by atoms with van der Waals surface area (Å²) in [6.45, 7) is 0.624. The fourth-order valence-electron chi connectivity index (χ4n) is 1.73. The minimum Gasteiger partial charge on any atom is -0.373 e. The lowest BCUT2D eigenvalue weighted by Gasteiger charge is -2.40. The molecule has 0 saturated heterocycles. The third-order valence-electron chi connectivity index (χ3n) is 2.90.